The maximum atomic E-state index is 5.00. The Kier molecular flexibility index (Phi) is 8.02. The van der Waals surface area contributed by atoms with Gasteiger partial charge >= 0.3 is 181 Å². The summed E-state index contributed by atoms with van der Waals surface area (Å²) in [6.45, 7) is 15.2. The Morgan fingerprint density at radius 2 is 0.967 bits per heavy atom. The molecular weight excluding hydrogens is 519 g/mol. The van der Waals surface area contributed by atoms with Crippen molar-refractivity contribution in [3.05, 3.63) is 77.3 Å². The molecule has 0 aromatic heterocycles. The molecule has 5 heteroatoms. The van der Waals surface area contributed by atoms with Crippen molar-refractivity contribution in [2.24, 2.45) is 0 Å². The second-order valence-electron chi connectivity index (χ2n) is 10.5. The van der Waals surface area contributed by atoms with E-state index in [0.717, 1.165) is 0 Å². The number of fused-ring (bicyclic) bond motifs is 2. The molecule has 0 heterocycles. The number of benzene rings is 2. The number of hydrogen-bond donors (Lipinski definition) is 0. The third-order valence-corrected chi connectivity index (χ3v) is 18.0. The molecule has 158 valence electrons. The summed E-state index contributed by atoms with van der Waals surface area (Å²) in [4.78, 5) is 0. The maximum Gasteiger partial charge on any atom is -1.00 e. The zero-order chi connectivity index (χ0) is 20.3. The van der Waals surface area contributed by atoms with Crippen LogP contribution in [0.15, 0.2) is 55.1 Å². The van der Waals surface area contributed by atoms with Gasteiger partial charge in [-0.1, -0.05) is 0 Å². The van der Waals surface area contributed by atoms with Crippen LogP contribution in [0, 0.1) is 0 Å². The average Bonchev–Trinajstić information content (AvgIpc) is 3.19. The summed E-state index contributed by atoms with van der Waals surface area (Å²) in [5.74, 6) is 0. The van der Waals surface area contributed by atoms with Gasteiger partial charge in [-0.2, -0.15) is 0 Å². The van der Waals surface area contributed by atoms with E-state index in [0.29, 0.717) is 11.1 Å². The van der Waals surface area contributed by atoms with Crippen LogP contribution in [0.25, 0.3) is 12.2 Å². The molecule has 2 aliphatic carbocycles. The summed E-state index contributed by atoms with van der Waals surface area (Å²) in [5, 5.41) is 0. The molecule has 0 N–H and O–H groups in total. The van der Waals surface area contributed by atoms with E-state index < -0.39 is 37.4 Å². The monoisotopic (exact) mass is 548 g/mol. The van der Waals surface area contributed by atoms with Gasteiger partial charge in [-0.15, -0.1) is 0 Å². The summed E-state index contributed by atoms with van der Waals surface area (Å²) in [6, 6.07) is 18.2. The molecule has 2 aromatic rings. The van der Waals surface area contributed by atoms with Gasteiger partial charge in [0.25, 0.3) is 0 Å². The van der Waals surface area contributed by atoms with Gasteiger partial charge in [0.2, 0.25) is 0 Å². The Morgan fingerprint density at radius 3 is 1.30 bits per heavy atom. The van der Waals surface area contributed by atoms with Crippen molar-refractivity contribution in [1.82, 2.24) is 0 Å². The molecule has 0 amide bonds. The molecule has 4 rings (SSSR count). The topological polar surface area (TPSA) is 0 Å². The fourth-order valence-corrected chi connectivity index (χ4v) is 23.0. The molecule has 30 heavy (non-hydrogen) atoms. The van der Waals surface area contributed by atoms with Gasteiger partial charge in [0.1, 0.15) is 0 Å². The van der Waals surface area contributed by atoms with Crippen molar-refractivity contribution >= 4 is 32.5 Å². The van der Waals surface area contributed by atoms with Crippen LogP contribution < -0.4 is 24.8 Å². The standard InChI is InChI=1S/2C12H15Si.CH2.2ClH.Zr/c2*1-13(2,3)12-9-8-10-6-4-5-7-11(10)12;;;;/h2*4-8,12H,1-3H3;1H2;2*1H;/q;;;;;+2/p-2. The third-order valence-electron chi connectivity index (χ3n) is 6.29. The van der Waals surface area contributed by atoms with Crippen molar-refractivity contribution in [1.29, 1.82) is 0 Å². The van der Waals surface area contributed by atoms with Crippen molar-refractivity contribution in [2.75, 3.05) is 0 Å². The first-order chi connectivity index (χ1) is 13.1. The molecule has 2 unspecified atom stereocenters. The predicted octanol–water partition coefficient (Wildman–Crippen LogP) is 1.08. The zero-order valence-corrected chi connectivity index (χ0v) is 24.9. The fourth-order valence-electron chi connectivity index (χ4n) is 5.20. The van der Waals surface area contributed by atoms with Crippen LogP contribution in [0.4, 0.5) is 0 Å². The van der Waals surface area contributed by atoms with Crippen LogP contribution in [0.1, 0.15) is 33.3 Å². The van der Waals surface area contributed by atoms with Gasteiger partial charge in [0, 0.05) is 0 Å². The van der Waals surface area contributed by atoms with E-state index in [-0.39, 0.29) is 24.8 Å². The van der Waals surface area contributed by atoms with Gasteiger partial charge in [-0.05, 0) is 0 Å². The largest absolute Gasteiger partial charge is 1.00 e. The van der Waals surface area contributed by atoms with Gasteiger partial charge in [0.15, 0.2) is 0 Å². The first-order valence-corrected chi connectivity index (χ1v) is 21.7. The Balaban J connectivity index is 0.00000160. The van der Waals surface area contributed by atoms with E-state index >= 15 is 0 Å². The Labute approximate surface area is 204 Å². The number of hydrogen-bond acceptors (Lipinski definition) is 0. The first-order valence-electron chi connectivity index (χ1n) is 10.4. The van der Waals surface area contributed by atoms with Gasteiger partial charge in [-0.25, -0.2) is 0 Å². The number of rotatable bonds is 4. The van der Waals surface area contributed by atoms with E-state index in [1.165, 1.54) is 11.1 Å². The third kappa shape index (κ3) is 4.57. The van der Waals surface area contributed by atoms with Crippen LogP contribution in [-0.2, 0) is 21.3 Å². The zero-order valence-electron chi connectivity index (χ0n) is 18.9. The smallest absolute Gasteiger partial charge is 1.00 e. The number of halogens is 2. The van der Waals surface area contributed by atoms with Gasteiger partial charge < -0.3 is 24.8 Å². The second-order valence-corrected chi connectivity index (χ2v) is 26.3. The quantitative estimate of drug-likeness (QED) is 0.500. The van der Waals surface area contributed by atoms with Crippen LogP contribution in [0.2, 0.25) is 39.3 Å². The van der Waals surface area contributed by atoms with Crippen LogP contribution >= 0.6 is 0 Å². The average molecular weight is 551 g/mol. The fraction of sp³-hybridized carbons (Fsp3) is 0.320. The van der Waals surface area contributed by atoms with Gasteiger partial charge in [0.05, 0.1) is 0 Å². The summed E-state index contributed by atoms with van der Waals surface area (Å²) >= 11 is -2.17. The molecule has 2 atom stereocenters. The predicted molar refractivity (Wildman–Crippen MR) is 128 cm³/mol. The molecule has 0 nitrogen and oxygen atoms in total. The summed E-state index contributed by atoms with van der Waals surface area (Å²) < 4.78 is 8.51. The number of allylic oxidation sites excluding steroid dienone is 2. The van der Waals surface area contributed by atoms with E-state index in [2.05, 4.69) is 100.0 Å². The van der Waals surface area contributed by atoms with E-state index in [4.69, 9.17) is 4.21 Å². The minimum absolute atomic E-state index is 0. The van der Waals surface area contributed by atoms with Crippen molar-refractivity contribution < 1.29 is 46.1 Å². The summed E-state index contributed by atoms with van der Waals surface area (Å²) in [6.07, 6.45) is 5.12. The molecule has 0 saturated heterocycles. The summed E-state index contributed by atoms with van der Waals surface area (Å²) in [5.41, 5.74) is 7.41. The molecule has 0 radical (unpaired) electrons. The van der Waals surface area contributed by atoms with Crippen LogP contribution in [0.5, 0.6) is 0 Å². The Morgan fingerprint density at radius 1 is 0.633 bits per heavy atom. The minimum Gasteiger partial charge on any atom is -1.00 e. The molecule has 0 aliphatic heterocycles. The molecular formula is C25H32Cl2Si2Zr. The van der Waals surface area contributed by atoms with E-state index in [9.17, 15) is 0 Å². The molecule has 0 saturated carbocycles. The van der Waals surface area contributed by atoms with Crippen molar-refractivity contribution in [2.45, 2.75) is 50.4 Å². The Hall–Kier alpha value is -0.313. The SMILES string of the molecule is [CH2]=[Zr+2]([C]1=Cc2ccccc2C1[Si](C)(C)C)[C]1=Cc2ccccc2C1[Si](C)(C)C.[Cl-].[Cl-]. The summed E-state index contributed by atoms with van der Waals surface area (Å²) in [7, 11) is -2.75. The van der Waals surface area contributed by atoms with Crippen LogP contribution in [0.3, 0.4) is 0 Å². The van der Waals surface area contributed by atoms with Gasteiger partial charge in [-0.3, -0.25) is 0 Å². The molecule has 0 bridgehead atoms. The molecule has 2 aromatic carbocycles. The normalized spacial score (nSPS) is 19.4. The molecule has 2 aliphatic rings. The Bertz CT molecular complexity index is 944. The second kappa shape index (κ2) is 9.28. The molecule has 0 spiro atoms. The van der Waals surface area contributed by atoms with Crippen molar-refractivity contribution in [3.8, 4) is 0 Å². The van der Waals surface area contributed by atoms with E-state index in [1.54, 1.807) is 17.7 Å². The van der Waals surface area contributed by atoms with Crippen molar-refractivity contribution in [3.63, 3.8) is 0 Å². The maximum absolute atomic E-state index is 5.00. The molecule has 0 fully saturated rings. The minimum atomic E-state index is -2.17. The van der Waals surface area contributed by atoms with E-state index in [1.807, 2.05) is 0 Å². The first kappa shape index (κ1) is 25.9. The van der Waals surface area contributed by atoms with Crippen LogP contribution in [-0.4, -0.2) is 20.4 Å².